The Morgan fingerprint density at radius 2 is 2.15 bits per heavy atom. The van der Waals surface area contributed by atoms with E-state index in [0.717, 1.165) is 31.7 Å². The number of nitrogens with one attached hydrogen (secondary N) is 1. The average Bonchev–Trinajstić information content (AvgIpc) is 2.47. The minimum absolute atomic E-state index is 0.218. The third kappa shape index (κ3) is 2.97. The lowest BCUT2D eigenvalue weighted by molar-refractivity contribution is -0.158. The molecule has 1 N–H and O–H groups in total. The summed E-state index contributed by atoms with van der Waals surface area (Å²) in [5.41, 5.74) is 0.0913. The van der Waals surface area contributed by atoms with Crippen LogP contribution in [0.5, 0.6) is 0 Å². The van der Waals surface area contributed by atoms with Gasteiger partial charge in [0.25, 0.3) is 0 Å². The molecule has 1 heterocycles. The van der Waals surface area contributed by atoms with Gasteiger partial charge in [-0.15, -0.1) is 0 Å². The fraction of sp³-hybridized carbons (Fsp3) is 0.533. The van der Waals surface area contributed by atoms with Gasteiger partial charge in [0.2, 0.25) is 0 Å². The number of esters is 1. The highest BCUT2D eigenvalue weighted by Crippen LogP contribution is 2.31. The molecule has 0 aromatic heterocycles. The predicted molar refractivity (Wildman–Crippen MR) is 79.9 cm³/mol. The Kier molecular flexibility index (Phi) is 5.02. The number of carbonyl (C=O) groups excluding carboxylic acids is 1. The fourth-order valence-corrected chi connectivity index (χ4v) is 2.79. The van der Waals surface area contributed by atoms with Crippen LogP contribution < -0.4 is 5.32 Å². The van der Waals surface area contributed by atoms with Gasteiger partial charge in [0, 0.05) is 31.2 Å². The summed E-state index contributed by atoms with van der Waals surface area (Å²) < 4.78 is 5.31. The highest BCUT2D eigenvalue weighted by Gasteiger charge is 2.43. The van der Waals surface area contributed by atoms with Crippen molar-refractivity contribution in [2.75, 3.05) is 32.8 Å². The van der Waals surface area contributed by atoms with Gasteiger partial charge in [0.15, 0.2) is 0 Å². The van der Waals surface area contributed by atoms with Crippen molar-refractivity contribution in [3.8, 4) is 0 Å². The van der Waals surface area contributed by atoms with Gasteiger partial charge in [-0.25, -0.2) is 4.79 Å². The number of rotatable bonds is 4. The second kappa shape index (κ2) is 6.57. The Hall–Kier alpha value is -1.10. The van der Waals surface area contributed by atoms with E-state index in [1.807, 2.05) is 38.1 Å². The van der Waals surface area contributed by atoms with Crippen molar-refractivity contribution < 1.29 is 9.53 Å². The van der Waals surface area contributed by atoms with E-state index in [9.17, 15) is 4.79 Å². The second-order valence-electron chi connectivity index (χ2n) is 5.04. The summed E-state index contributed by atoms with van der Waals surface area (Å²) in [6.45, 7) is 7.48. The Morgan fingerprint density at radius 1 is 1.45 bits per heavy atom. The standard InChI is InChI=1S/C15H21ClN2O2/c1-3-20-14(19)15(2,18-9-7-17-8-10-18)12-5-4-6-13(16)11-12/h4-6,11,17H,3,7-10H2,1-2H3. The normalized spacial score (nSPS) is 19.4. The van der Waals surface area contributed by atoms with Crippen LogP contribution in [0.15, 0.2) is 24.3 Å². The molecule has 20 heavy (non-hydrogen) atoms. The summed E-state index contributed by atoms with van der Waals surface area (Å²) in [4.78, 5) is 14.7. The summed E-state index contributed by atoms with van der Waals surface area (Å²) in [5, 5.41) is 3.93. The van der Waals surface area contributed by atoms with Crippen LogP contribution in [-0.2, 0) is 15.1 Å². The lowest BCUT2D eigenvalue weighted by Crippen LogP contribution is -2.57. The molecule has 1 fully saturated rings. The third-order valence-corrected chi connectivity index (χ3v) is 4.04. The first kappa shape index (κ1) is 15.3. The van der Waals surface area contributed by atoms with Crippen molar-refractivity contribution in [1.82, 2.24) is 10.2 Å². The number of piperazine rings is 1. The van der Waals surface area contributed by atoms with Gasteiger partial charge >= 0.3 is 5.97 Å². The van der Waals surface area contributed by atoms with Crippen LogP contribution in [0.2, 0.25) is 5.02 Å². The third-order valence-electron chi connectivity index (χ3n) is 3.81. The molecule has 4 nitrogen and oxygen atoms in total. The van der Waals surface area contributed by atoms with E-state index >= 15 is 0 Å². The maximum atomic E-state index is 12.5. The second-order valence-corrected chi connectivity index (χ2v) is 5.48. The Balaban J connectivity index is 2.39. The van der Waals surface area contributed by atoms with E-state index < -0.39 is 5.54 Å². The predicted octanol–water partition coefficient (Wildman–Crippen LogP) is 2.02. The topological polar surface area (TPSA) is 41.6 Å². The molecular formula is C15H21ClN2O2. The zero-order valence-electron chi connectivity index (χ0n) is 12.0. The summed E-state index contributed by atoms with van der Waals surface area (Å²) in [6.07, 6.45) is 0. The lowest BCUT2D eigenvalue weighted by Gasteiger charge is -2.41. The van der Waals surface area contributed by atoms with Crippen molar-refractivity contribution in [1.29, 1.82) is 0 Å². The molecule has 1 atom stereocenters. The van der Waals surface area contributed by atoms with Crippen molar-refractivity contribution in [3.63, 3.8) is 0 Å². The van der Waals surface area contributed by atoms with Gasteiger partial charge in [-0.05, 0) is 31.5 Å². The molecule has 0 amide bonds. The van der Waals surface area contributed by atoms with E-state index in [0.29, 0.717) is 11.6 Å². The number of ether oxygens (including phenoxy) is 1. The maximum absolute atomic E-state index is 12.5. The number of nitrogens with zero attached hydrogens (tertiary/aromatic N) is 1. The maximum Gasteiger partial charge on any atom is 0.330 e. The van der Waals surface area contributed by atoms with Crippen molar-refractivity contribution >= 4 is 17.6 Å². The van der Waals surface area contributed by atoms with E-state index in [1.165, 1.54) is 0 Å². The van der Waals surface area contributed by atoms with Crippen molar-refractivity contribution in [2.24, 2.45) is 0 Å². The molecule has 1 aliphatic heterocycles. The molecule has 1 aliphatic rings. The summed E-state index contributed by atoms with van der Waals surface area (Å²) >= 11 is 6.09. The Morgan fingerprint density at radius 3 is 2.75 bits per heavy atom. The number of hydrogen-bond donors (Lipinski definition) is 1. The van der Waals surface area contributed by atoms with Crippen LogP contribution in [0.25, 0.3) is 0 Å². The largest absolute Gasteiger partial charge is 0.464 e. The molecule has 1 aromatic carbocycles. The monoisotopic (exact) mass is 296 g/mol. The SMILES string of the molecule is CCOC(=O)C(C)(c1cccc(Cl)c1)N1CCNCC1. The molecule has 1 saturated heterocycles. The van der Waals surface area contributed by atoms with Gasteiger partial charge < -0.3 is 10.1 Å². The molecule has 1 unspecified atom stereocenters. The van der Waals surface area contributed by atoms with E-state index in [1.54, 1.807) is 0 Å². The molecule has 5 heteroatoms. The molecule has 110 valence electrons. The Labute approximate surface area is 125 Å². The molecule has 0 bridgehead atoms. The van der Waals surface area contributed by atoms with Gasteiger partial charge in [0.1, 0.15) is 5.54 Å². The number of halogens is 1. The van der Waals surface area contributed by atoms with Crippen LogP contribution in [-0.4, -0.2) is 43.7 Å². The Bertz CT molecular complexity index is 475. The summed E-state index contributed by atoms with van der Waals surface area (Å²) in [6, 6.07) is 7.47. The van der Waals surface area contributed by atoms with Gasteiger partial charge in [-0.1, -0.05) is 23.7 Å². The molecule has 0 aliphatic carbocycles. The quantitative estimate of drug-likeness (QED) is 0.863. The first-order valence-electron chi connectivity index (χ1n) is 6.98. The highest BCUT2D eigenvalue weighted by atomic mass is 35.5. The van der Waals surface area contributed by atoms with Crippen molar-refractivity contribution in [3.05, 3.63) is 34.9 Å². The van der Waals surface area contributed by atoms with Crippen LogP contribution in [0.1, 0.15) is 19.4 Å². The van der Waals surface area contributed by atoms with Crippen LogP contribution >= 0.6 is 11.6 Å². The summed E-state index contributed by atoms with van der Waals surface area (Å²) in [7, 11) is 0. The molecular weight excluding hydrogens is 276 g/mol. The first-order valence-corrected chi connectivity index (χ1v) is 7.36. The average molecular weight is 297 g/mol. The van der Waals surface area contributed by atoms with Crippen molar-refractivity contribution in [2.45, 2.75) is 19.4 Å². The van der Waals surface area contributed by atoms with Gasteiger partial charge in [-0.3, -0.25) is 4.90 Å². The lowest BCUT2D eigenvalue weighted by atomic mass is 9.89. The van der Waals surface area contributed by atoms with Gasteiger partial charge in [-0.2, -0.15) is 0 Å². The van der Waals surface area contributed by atoms with E-state index in [2.05, 4.69) is 10.2 Å². The van der Waals surface area contributed by atoms with Crippen LogP contribution in [0.4, 0.5) is 0 Å². The fourth-order valence-electron chi connectivity index (χ4n) is 2.60. The van der Waals surface area contributed by atoms with Crippen LogP contribution in [0.3, 0.4) is 0 Å². The molecule has 0 saturated carbocycles. The zero-order chi connectivity index (χ0) is 14.6. The molecule has 2 rings (SSSR count). The number of hydrogen-bond acceptors (Lipinski definition) is 4. The minimum atomic E-state index is -0.789. The summed E-state index contributed by atoms with van der Waals surface area (Å²) in [5.74, 6) is -0.218. The molecule has 0 spiro atoms. The number of carbonyl (C=O) groups is 1. The number of benzene rings is 1. The van der Waals surface area contributed by atoms with E-state index in [-0.39, 0.29) is 5.97 Å². The molecule has 0 radical (unpaired) electrons. The van der Waals surface area contributed by atoms with E-state index in [4.69, 9.17) is 16.3 Å². The minimum Gasteiger partial charge on any atom is -0.464 e. The zero-order valence-corrected chi connectivity index (χ0v) is 12.7. The van der Waals surface area contributed by atoms with Gasteiger partial charge in [0.05, 0.1) is 6.61 Å². The van der Waals surface area contributed by atoms with Crippen LogP contribution in [0, 0.1) is 0 Å². The first-order chi connectivity index (χ1) is 9.59. The molecule has 1 aromatic rings. The smallest absolute Gasteiger partial charge is 0.330 e. The highest BCUT2D eigenvalue weighted by molar-refractivity contribution is 6.30.